The molecule has 0 radical (unpaired) electrons. The number of hydrogen-bond acceptors (Lipinski definition) is 4. The summed E-state index contributed by atoms with van der Waals surface area (Å²) in [6.07, 6.45) is 2.73. The predicted octanol–water partition coefficient (Wildman–Crippen LogP) is -0.294. The van der Waals surface area contributed by atoms with E-state index in [-0.39, 0.29) is 6.10 Å². The van der Waals surface area contributed by atoms with E-state index < -0.39 is 0 Å². The zero-order chi connectivity index (χ0) is 14.4. The second-order valence-corrected chi connectivity index (χ2v) is 5.79. The SMILES string of the molecule is CCN1CCCC1CN=C(N)NCC1CN(C)CCO1. The van der Waals surface area contributed by atoms with Crippen LogP contribution >= 0.6 is 0 Å². The average Bonchev–Trinajstić information content (AvgIpc) is 2.90. The van der Waals surface area contributed by atoms with Crippen molar-refractivity contribution >= 4 is 5.96 Å². The van der Waals surface area contributed by atoms with Gasteiger partial charge in [-0.05, 0) is 33.0 Å². The van der Waals surface area contributed by atoms with Crippen molar-refractivity contribution in [3.63, 3.8) is 0 Å². The van der Waals surface area contributed by atoms with Gasteiger partial charge in [0.1, 0.15) is 0 Å². The van der Waals surface area contributed by atoms with Gasteiger partial charge < -0.3 is 20.7 Å². The molecule has 0 aliphatic carbocycles. The number of guanidine groups is 1. The minimum atomic E-state index is 0.209. The second-order valence-electron chi connectivity index (χ2n) is 5.79. The summed E-state index contributed by atoms with van der Waals surface area (Å²) >= 11 is 0. The van der Waals surface area contributed by atoms with Crippen LogP contribution in [0.2, 0.25) is 0 Å². The van der Waals surface area contributed by atoms with Crippen molar-refractivity contribution in [1.82, 2.24) is 15.1 Å². The lowest BCUT2D eigenvalue weighted by atomic mass is 10.2. The number of nitrogens with zero attached hydrogens (tertiary/aromatic N) is 3. The van der Waals surface area contributed by atoms with Gasteiger partial charge in [-0.15, -0.1) is 0 Å². The van der Waals surface area contributed by atoms with E-state index >= 15 is 0 Å². The molecule has 20 heavy (non-hydrogen) atoms. The molecule has 116 valence electrons. The maximum absolute atomic E-state index is 5.94. The molecule has 6 nitrogen and oxygen atoms in total. The Balaban J connectivity index is 1.68. The van der Waals surface area contributed by atoms with Gasteiger partial charge in [0.25, 0.3) is 0 Å². The lowest BCUT2D eigenvalue weighted by Crippen LogP contribution is -2.47. The number of nitrogens with two attached hydrogens (primary N) is 1. The Labute approximate surface area is 122 Å². The number of rotatable bonds is 5. The minimum absolute atomic E-state index is 0.209. The third-order valence-corrected chi connectivity index (χ3v) is 4.23. The van der Waals surface area contributed by atoms with Crippen LogP contribution in [-0.2, 0) is 4.74 Å². The molecule has 2 rings (SSSR count). The van der Waals surface area contributed by atoms with Gasteiger partial charge >= 0.3 is 0 Å². The molecule has 3 N–H and O–H groups in total. The molecular weight excluding hydrogens is 254 g/mol. The van der Waals surface area contributed by atoms with Gasteiger partial charge in [-0.3, -0.25) is 9.89 Å². The summed E-state index contributed by atoms with van der Waals surface area (Å²) in [5.41, 5.74) is 5.94. The summed E-state index contributed by atoms with van der Waals surface area (Å²) in [7, 11) is 2.12. The predicted molar refractivity (Wildman–Crippen MR) is 82.0 cm³/mol. The Morgan fingerprint density at radius 2 is 2.30 bits per heavy atom. The lowest BCUT2D eigenvalue weighted by molar-refractivity contribution is -0.0160. The van der Waals surface area contributed by atoms with Crippen molar-refractivity contribution in [2.24, 2.45) is 10.7 Å². The van der Waals surface area contributed by atoms with Crippen LogP contribution in [-0.4, -0.2) is 80.8 Å². The monoisotopic (exact) mass is 283 g/mol. The molecule has 2 atom stereocenters. The van der Waals surface area contributed by atoms with E-state index in [1.54, 1.807) is 0 Å². The molecule has 2 aliphatic heterocycles. The number of likely N-dealkylation sites (tertiary alicyclic amines) is 1. The van der Waals surface area contributed by atoms with Gasteiger partial charge in [0, 0.05) is 25.7 Å². The topological polar surface area (TPSA) is 66.1 Å². The van der Waals surface area contributed by atoms with Crippen LogP contribution in [0.3, 0.4) is 0 Å². The van der Waals surface area contributed by atoms with Crippen LogP contribution in [0.15, 0.2) is 4.99 Å². The first-order valence-electron chi connectivity index (χ1n) is 7.77. The van der Waals surface area contributed by atoms with Gasteiger partial charge in [0.2, 0.25) is 0 Å². The van der Waals surface area contributed by atoms with Crippen LogP contribution in [0.25, 0.3) is 0 Å². The fourth-order valence-corrected chi connectivity index (χ4v) is 2.99. The van der Waals surface area contributed by atoms with Gasteiger partial charge in [0.05, 0.1) is 19.3 Å². The zero-order valence-electron chi connectivity index (χ0n) is 12.8. The number of nitrogens with one attached hydrogen (secondary N) is 1. The number of aliphatic imine (C=N–C) groups is 1. The lowest BCUT2D eigenvalue weighted by Gasteiger charge is -2.30. The van der Waals surface area contributed by atoms with E-state index in [9.17, 15) is 0 Å². The highest BCUT2D eigenvalue weighted by Crippen LogP contribution is 2.16. The fourth-order valence-electron chi connectivity index (χ4n) is 2.99. The Bertz CT molecular complexity index is 323. The molecule has 2 unspecified atom stereocenters. The Kier molecular flexibility index (Phi) is 6.06. The van der Waals surface area contributed by atoms with E-state index in [1.807, 2.05) is 0 Å². The third kappa shape index (κ3) is 4.61. The minimum Gasteiger partial charge on any atom is -0.374 e. The molecule has 2 saturated heterocycles. The van der Waals surface area contributed by atoms with Crippen molar-refractivity contribution in [2.75, 3.05) is 52.9 Å². The van der Waals surface area contributed by atoms with Gasteiger partial charge in [-0.2, -0.15) is 0 Å². The molecule has 0 bridgehead atoms. The maximum atomic E-state index is 5.94. The van der Waals surface area contributed by atoms with Crippen LogP contribution in [0, 0.1) is 0 Å². The fraction of sp³-hybridized carbons (Fsp3) is 0.929. The normalized spacial score (nSPS) is 29.8. The summed E-state index contributed by atoms with van der Waals surface area (Å²) in [6.45, 7) is 8.82. The standard InChI is InChI=1S/C14H29N5O/c1-3-19-6-4-5-12(19)9-16-14(15)17-10-13-11-18(2)7-8-20-13/h12-13H,3-11H2,1-2H3,(H3,15,16,17). The molecule has 0 saturated carbocycles. The summed E-state index contributed by atoms with van der Waals surface area (Å²) in [4.78, 5) is 9.24. The Morgan fingerprint density at radius 3 is 3.05 bits per heavy atom. The van der Waals surface area contributed by atoms with Crippen molar-refractivity contribution in [3.8, 4) is 0 Å². The van der Waals surface area contributed by atoms with E-state index in [0.717, 1.165) is 39.3 Å². The number of hydrogen-bond donors (Lipinski definition) is 2. The summed E-state index contributed by atoms with van der Waals surface area (Å²) in [5, 5.41) is 3.19. The molecule has 0 aromatic carbocycles. The van der Waals surface area contributed by atoms with E-state index in [0.29, 0.717) is 12.0 Å². The highest BCUT2D eigenvalue weighted by Gasteiger charge is 2.22. The van der Waals surface area contributed by atoms with Gasteiger partial charge in [-0.25, -0.2) is 0 Å². The largest absolute Gasteiger partial charge is 0.374 e. The molecule has 2 fully saturated rings. The highest BCUT2D eigenvalue weighted by molar-refractivity contribution is 5.77. The van der Waals surface area contributed by atoms with E-state index in [1.165, 1.54) is 19.4 Å². The highest BCUT2D eigenvalue weighted by atomic mass is 16.5. The zero-order valence-corrected chi connectivity index (χ0v) is 12.8. The maximum Gasteiger partial charge on any atom is 0.188 e. The summed E-state index contributed by atoms with van der Waals surface area (Å²) < 4.78 is 5.69. The van der Waals surface area contributed by atoms with Crippen LogP contribution in [0.5, 0.6) is 0 Å². The van der Waals surface area contributed by atoms with Gasteiger partial charge in [-0.1, -0.05) is 6.92 Å². The Morgan fingerprint density at radius 1 is 1.45 bits per heavy atom. The van der Waals surface area contributed by atoms with Crippen molar-refractivity contribution < 1.29 is 4.74 Å². The van der Waals surface area contributed by atoms with E-state index in [2.05, 4.69) is 34.1 Å². The molecule has 2 aliphatic rings. The second kappa shape index (κ2) is 7.81. The van der Waals surface area contributed by atoms with Crippen molar-refractivity contribution in [2.45, 2.75) is 31.9 Å². The first-order chi connectivity index (χ1) is 9.69. The van der Waals surface area contributed by atoms with Gasteiger partial charge in [0.15, 0.2) is 5.96 Å². The van der Waals surface area contributed by atoms with Crippen LogP contribution < -0.4 is 11.1 Å². The molecule has 6 heteroatoms. The molecule has 0 amide bonds. The summed E-state index contributed by atoms with van der Waals surface area (Å²) in [6, 6.07) is 0.567. The molecule has 0 spiro atoms. The summed E-state index contributed by atoms with van der Waals surface area (Å²) in [5.74, 6) is 0.546. The smallest absolute Gasteiger partial charge is 0.188 e. The first kappa shape index (κ1) is 15.5. The first-order valence-corrected chi connectivity index (χ1v) is 7.77. The average molecular weight is 283 g/mol. The number of ether oxygens (including phenoxy) is 1. The number of morpholine rings is 1. The number of likely N-dealkylation sites (N-methyl/N-ethyl adjacent to an activating group) is 2. The van der Waals surface area contributed by atoms with E-state index in [4.69, 9.17) is 10.5 Å². The van der Waals surface area contributed by atoms with Crippen molar-refractivity contribution in [1.29, 1.82) is 0 Å². The molecule has 2 heterocycles. The molecular formula is C14H29N5O. The molecule has 0 aromatic rings. The van der Waals surface area contributed by atoms with Crippen molar-refractivity contribution in [3.05, 3.63) is 0 Å². The molecule has 0 aromatic heterocycles. The van der Waals surface area contributed by atoms with Crippen LogP contribution in [0.1, 0.15) is 19.8 Å². The third-order valence-electron chi connectivity index (χ3n) is 4.23. The Hall–Kier alpha value is -0.850. The quantitative estimate of drug-likeness (QED) is 0.536. The van der Waals surface area contributed by atoms with Crippen LogP contribution in [0.4, 0.5) is 0 Å².